The van der Waals surface area contributed by atoms with Gasteiger partial charge in [-0.2, -0.15) is 0 Å². The van der Waals surface area contributed by atoms with E-state index < -0.39 is 0 Å². The van der Waals surface area contributed by atoms with E-state index >= 15 is 0 Å². The van der Waals surface area contributed by atoms with E-state index in [1.54, 1.807) is 0 Å². The number of anilines is 1. The van der Waals surface area contributed by atoms with Crippen molar-refractivity contribution in [2.75, 3.05) is 5.32 Å². The van der Waals surface area contributed by atoms with Gasteiger partial charge in [0.25, 0.3) is 0 Å². The van der Waals surface area contributed by atoms with Gasteiger partial charge >= 0.3 is 0 Å². The van der Waals surface area contributed by atoms with Crippen LogP contribution in [0.4, 0.5) is 5.69 Å². The molecule has 0 radical (unpaired) electrons. The van der Waals surface area contributed by atoms with Gasteiger partial charge in [-0.3, -0.25) is 4.99 Å². The maximum absolute atomic E-state index is 3.32. The molecule has 92 valence electrons. The molecule has 0 aliphatic carbocycles. The van der Waals surface area contributed by atoms with Gasteiger partial charge in [0.15, 0.2) is 0 Å². The lowest BCUT2D eigenvalue weighted by Crippen LogP contribution is -2.68. The number of rotatable bonds is 4. The quantitative estimate of drug-likeness (QED) is 0.619. The molecule has 2 N–H and O–H groups in total. The van der Waals surface area contributed by atoms with Crippen molar-refractivity contribution in [2.24, 2.45) is 0 Å². The Bertz CT molecular complexity index is 510. The maximum atomic E-state index is 3.32. The van der Waals surface area contributed by atoms with Gasteiger partial charge in [-0.25, -0.2) is 5.32 Å². The second kappa shape index (κ2) is 6.01. The Labute approximate surface area is 108 Å². The minimum absolute atomic E-state index is 0.832. The molecule has 0 unspecified atom stereocenters. The first-order valence-electron chi connectivity index (χ1n) is 6.19. The second-order valence-corrected chi connectivity index (χ2v) is 4.42. The van der Waals surface area contributed by atoms with Crippen molar-refractivity contribution >= 4 is 12.0 Å². The Morgan fingerprint density at radius 1 is 0.944 bits per heavy atom. The standard InChI is InChI=1S/C16H18N2/c1-13-7-6-8-14(2)16(13)18-12-17-11-15-9-4-3-5-10-15/h3-10,12H,11H2,1-2H3,(H,17,18)/p+1. The molecular formula is C16H19N2+. The molecule has 2 rings (SSSR count). The summed E-state index contributed by atoms with van der Waals surface area (Å²) in [6.07, 6.45) is 1.91. The molecular weight excluding hydrogens is 220 g/mol. The molecule has 0 aliphatic rings. The van der Waals surface area contributed by atoms with Crippen LogP contribution >= 0.6 is 0 Å². The molecule has 0 saturated heterocycles. The largest absolute Gasteiger partial charge is 0.277 e. The molecule has 18 heavy (non-hydrogen) atoms. The van der Waals surface area contributed by atoms with Crippen molar-refractivity contribution in [3.8, 4) is 0 Å². The zero-order valence-electron chi connectivity index (χ0n) is 10.9. The summed E-state index contributed by atoms with van der Waals surface area (Å²) in [4.78, 5) is 3.27. The van der Waals surface area contributed by atoms with Gasteiger partial charge in [0.2, 0.25) is 6.34 Å². The summed E-state index contributed by atoms with van der Waals surface area (Å²) < 4.78 is 0. The van der Waals surface area contributed by atoms with Crippen molar-refractivity contribution < 1.29 is 4.99 Å². The summed E-state index contributed by atoms with van der Waals surface area (Å²) in [6, 6.07) is 16.7. The molecule has 2 nitrogen and oxygen atoms in total. The number of aryl methyl sites for hydroxylation is 2. The lowest BCUT2D eigenvalue weighted by atomic mass is 10.1. The zero-order chi connectivity index (χ0) is 12.8. The monoisotopic (exact) mass is 239 g/mol. The normalized spacial score (nSPS) is 10.8. The van der Waals surface area contributed by atoms with Crippen LogP contribution in [0.3, 0.4) is 0 Å². The van der Waals surface area contributed by atoms with Gasteiger partial charge in [0.05, 0.1) is 0 Å². The Morgan fingerprint density at radius 2 is 1.61 bits per heavy atom. The summed E-state index contributed by atoms with van der Waals surface area (Å²) in [5.74, 6) is 0. The van der Waals surface area contributed by atoms with Crippen molar-refractivity contribution in [3.63, 3.8) is 0 Å². The predicted octanol–water partition coefficient (Wildman–Crippen LogP) is 2.02. The van der Waals surface area contributed by atoms with E-state index in [2.05, 4.69) is 66.6 Å². The summed E-state index contributed by atoms with van der Waals surface area (Å²) in [6.45, 7) is 5.06. The molecule has 0 bridgehead atoms. The lowest BCUT2D eigenvalue weighted by molar-refractivity contribution is -0.470. The Kier molecular flexibility index (Phi) is 4.13. The van der Waals surface area contributed by atoms with E-state index in [4.69, 9.17) is 0 Å². The highest BCUT2D eigenvalue weighted by Crippen LogP contribution is 2.17. The highest BCUT2D eigenvalue weighted by Gasteiger charge is 2.03. The lowest BCUT2D eigenvalue weighted by Gasteiger charge is -2.03. The van der Waals surface area contributed by atoms with Crippen LogP contribution in [0.1, 0.15) is 16.7 Å². The third-order valence-electron chi connectivity index (χ3n) is 2.95. The molecule has 0 atom stereocenters. The molecule has 0 saturated carbocycles. The number of hydrogen-bond acceptors (Lipinski definition) is 0. The van der Waals surface area contributed by atoms with Gasteiger partial charge in [-0.1, -0.05) is 48.5 Å². The first kappa shape index (κ1) is 12.4. The fourth-order valence-corrected chi connectivity index (χ4v) is 1.93. The SMILES string of the molecule is Cc1cccc(C)c1NC=[NH+]Cc1ccccc1. The minimum atomic E-state index is 0.832. The van der Waals surface area contributed by atoms with Crippen molar-refractivity contribution in [1.29, 1.82) is 0 Å². The molecule has 0 aliphatic heterocycles. The van der Waals surface area contributed by atoms with Crippen LogP contribution < -0.4 is 10.3 Å². The van der Waals surface area contributed by atoms with Gasteiger partial charge in [0.1, 0.15) is 12.2 Å². The van der Waals surface area contributed by atoms with Crippen LogP contribution in [-0.4, -0.2) is 6.34 Å². The van der Waals surface area contributed by atoms with Crippen molar-refractivity contribution in [2.45, 2.75) is 20.4 Å². The average molecular weight is 239 g/mol. The highest BCUT2D eigenvalue weighted by atomic mass is 14.9. The summed E-state index contributed by atoms with van der Waals surface area (Å²) in [5.41, 5.74) is 4.97. The minimum Gasteiger partial charge on any atom is -0.277 e. The third-order valence-corrected chi connectivity index (χ3v) is 2.95. The van der Waals surface area contributed by atoms with Crippen molar-refractivity contribution in [3.05, 3.63) is 65.2 Å². The van der Waals surface area contributed by atoms with E-state index in [9.17, 15) is 0 Å². The molecule has 0 heterocycles. The maximum Gasteiger partial charge on any atom is 0.235 e. The van der Waals surface area contributed by atoms with Gasteiger partial charge < -0.3 is 0 Å². The number of nitrogens with one attached hydrogen (secondary N) is 2. The third kappa shape index (κ3) is 3.20. The summed E-state index contributed by atoms with van der Waals surface area (Å²) >= 11 is 0. The smallest absolute Gasteiger partial charge is 0.235 e. The molecule has 0 aromatic heterocycles. The zero-order valence-corrected chi connectivity index (χ0v) is 10.9. The van der Waals surface area contributed by atoms with Gasteiger partial charge in [-0.15, -0.1) is 0 Å². The molecule has 0 fully saturated rings. The number of hydrogen-bond donors (Lipinski definition) is 2. The molecule has 2 aromatic rings. The first-order chi connectivity index (χ1) is 8.77. The van der Waals surface area contributed by atoms with E-state index in [1.807, 2.05) is 12.4 Å². The van der Waals surface area contributed by atoms with E-state index in [-0.39, 0.29) is 0 Å². The van der Waals surface area contributed by atoms with Crippen LogP contribution in [-0.2, 0) is 6.54 Å². The molecule has 0 spiro atoms. The fourth-order valence-electron chi connectivity index (χ4n) is 1.93. The summed E-state index contributed by atoms with van der Waals surface area (Å²) in [5, 5.41) is 3.32. The van der Waals surface area contributed by atoms with Crippen LogP contribution in [0, 0.1) is 13.8 Å². The van der Waals surface area contributed by atoms with Crippen LogP contribution in [0.15, 0.2) is 48.5 Å². The Balaban J connectivity index is 1.96. The van der Waals surface area contributed by atoms with E-state index in [1.165, 1.54) is 22.4 Å². The number of benzene rings is 2. The molecule has 2 heteroatoms. The van der Waals surface area contributed by atoms with E-state index in [0.29, 0.717) is 0 Å². The van der Waals surface area contributed by atoms with Crippen LogP contribution in [0.25, 0.3) is 0 Å². The van der Waals surface area contributed by atoms with Gasteiger partial charge in [0, 0.05) is 0 Å². The Hall–Kier alpha value is -2.09. The number of para-hydroxylation sites is 1. The topological polar surface area (TPSA) is 26.0 Å². The predicted molar refractivity (Wildman–Crippen MR) is 76.7 cm³/mol. The fraction of sp³-hybridized carbons (Fsp3) is 0.188. The van der Waals surface area contributed by atoms with Crippen molar-refractivity contribution in [1.82, 2.24) is 0 Å². The second-order valence-electron chi connectivity index (χ2n) is 4.42. The first-order valence-corrected chi connectivity index (χ1v) is 6.19. The molecule has 2 aromatic carbocycles. The molecule has 0 amide bonds. The summed E-state index contributed by atoms with van der Waals surface area (Å²) in [7, 11) is 0. The highest BCUT2D eigenvalue weighted by molar-refractivity contribution is 5.75. The van der Waals surface area contributed by atoms with Crippen LogP contribution in [0.2, 0.25) is 0 Å². The average Bonchev–Trinajstić information content (AvgIpc) is 2.38. The van der Waals surface area contributed by atoms with Gasteiger partial charge in [-0.05, 0) is 30.5 Å². The van der Waals surface area contributed by atoms with Crippen LogP contribution in [0.5, 0.6) is 0 Å². The Morgan fingerprint density at radius 3 is 2.28 bits per heavy atom. The van der Waals surface area contributed by atoms with E-state index in [0.717, 1.165) is 6.54 Å².